The zero-order valence-corrected chi connectivity index (χ0v) is 11.4. The van der Waals surface area contributed by atoms with Gasteiger partial charge in [0.15, 0.2) is 0 Å². The van der Waals surface area contributed by atoms with E-state index in [1.807, 2.05) is 0 Å². The summed E-state index contributed by atoms with van der Waals surface area (Å²) in [6.45, 7) is 4.24. The van der Waals surface area contributed by atoms with Gasteiger partial charge in [0.25, 0.3) is 0 Å². The van der Waals surface area contributed by atoms with Gasteiger partial charge >= 0.3 is 0 Å². The number of carbonyl (C=O) groups is 1. The van der Waals surface area contributed by atoms with Gasteiger partial charge in [-0.1, -0.05) is 0 Å². The van der Waals surface area contributed by atoms with Crippen LogP contribution in [0.4, 0.5) is 0 Å². The van der Waals surface area contributed by atoms with Crippen LogP contribution in [0.5, 0.6) is 0 Å². The van der Waals surface area contributed by atoms with Crippen molar-refractivity contribution in [3.8, 4) is 0 Å². The molecule has 2 aliphatic rings. The smallest absolute Gasteiger partial charge is 0.220 e. The first kappa shape index (κ1) is 13.8. The molecule has 1 aliphatic carbocycles. The maximum atomic E-state index is 11.8. The number of hydrogen-bond acceptors (Lipinski definition) is 3. The van der Waals surface area contributed by atoms with Crippen LogP contribution in [0.15, 0.2) is 0 Å². The van der Waals surface area contributed by atoms with Gasteiger partial charge in [-0.05, 0) is 57.5 Å². The molecule has 1 saturated carbocycles. The summed E-state index contributed by atoms with van der Waals surface area (Å²) in [5.74, 6) is 0.797. The van der Waals surface area contributed by atoms with Gasteiger partial charge in [0, 0.05) is 25.6 Å². The maximum absolute atomic E-state index is 11.8. The van der Waals surface area contributed by atoms with Crippen molar-refractivity contribution in [3.63, 3.8) is 0 Å². The zero-order chi connectivity index (χ0) is 12.8. The van der Waals surface area contributed by atoms with E-state index in [0.29, 0.717) is 18.4 Å². The van der Waals surface area contributed by atoms with Crippen LogP contribution in [0.3, 0.4) is 0 Å². The van der Waals surface area contributed by atoms with E-state index in [-0.39, 0.29) is 5.91 Å². The summed E-state index contributed by atoms with van der Waals surface area (Å²) in [5, 5.41) is 3.06. The van der Waals surface area contributed by atoms with Crippen molar-refractivity contribution < 1.29 is 4.79 Å². The molecule has 0 unspecified atom stereocenters. The lowest BCUT2D eigenvalue weighted by Crippen LogP contribution is -2.35. The van der Waals surface area contributed by atoms with Gasteiger partial charge in [0.05, 0.1) is 0 Å². The minimum Gasteiger partial charge on any atom is -0.355 e. The van der Waals surface area contributed by atoms with Gasteiger partial charge in [-0.15, -0.1) is 0 Å². The van der Waals surface area contributed by atoms with Crippen LogP contribution in [0.1, 0.15) is 44.9 Å². The van der Waals surface area contributed by atoms with Crippen LogP contribution < -0.4 is 11.1 Å². The van der Waals surface area contributed by atoms with Gasteiger partial charge in [-0.25, -0.2) is 0 Å². The molecule has 104 valence electrons. The van der Waals surface area contributed by atoms with Gasteiger partial charge in [-0.2, -0.15) is 0 Å². The van der Waals surface area contributed by atoms with Gasteiger partial charge in [-0.3, -0.25) is 4.79 Å². The Bertz CT molecular complexity index is 256. The second kappa shape index (κ2) is 7.10. The van der Waals surface area contributed by atoms with Crippen molar-refractivity contribution in [2.75, 3.05) is 26.2 Å². The van der Waals surface area contributed by atoms with Crippen molar-refractivity contribution >= 4 is 5.91 Å². The fourth-order valence-corrected chi connectivity index (χ4v) is 3.09. The van der Waals surface area contributed by atoms with Gasteiger partial charge in [0.1, 0.15) is 0 Å². The zero-order valence-electron chi connectivity index (χ0n) is 11.4. The largest absolute Gasteiger partial charge is 0.355 e. The Morgan fingerprint density at radius 2 is 1.83 bits per heavy atom. The Labute approximate surface area is 110 Å². The topological polar surface area (TPSA) is 58.4 Å². The average Bonchev–Trinajstić information content (AvgIpc) is 2.85. The van der Waals surface area contributed by atoms with Crippen molar-refractivity contribution in [2.45, 2.75) is 51.0 Å². The normalized spacial score (nSPS) is 29.4. The Kier molecular flexibility index (Phi) is 5.45. The highest BCUT2D eigenvalue weighted by Crippen LogP contribution is 2.25. The summed E-state index contributed by atoms with van der Waals surface area (Å²) in [6.07, 6.45) is 7.76. The summed E-state index contributed by atoms with van der Waals surface area (Å²) < 4.78 is 0. The predicted octanol–water partition coefficient (Wildman–Crippen LogP) is 1.11. The van der Waals surface area contributed by atoms with Gasteiger partial charge < -0.3 is 16.0 Å². The first-order valence-electron chi connectivity index (χ1n) is 7.48. The van der Waals surface area contributed by atoms with E-state index in [1.54, 1.807) is 0 Å². The molecule has 0 atom stereocenters. The van der Waals surface area contributed by atoms with E-state index in [2.05, 4.69) is 10.2 Å². The number of carbonyl (C=O) groups excluding carboxylic acids is 1. The van der Waals surface area contributed by atoms with Crippen LogP contribution in [0.2, 0.25) is 0 Å². The lowest BCUT2D eigenvalue weighted by Gasteiger charge is -2.25. The van der Waals surface area contributed by atoms with Crippen molar-refractivity contribution in [3.05, 3.63) is 0 Å². The van der Waals surface area contributed by atoms with Crippen molar-refractivity contribution in [1.82, 2.24) is 10.2 Å². The number of nitrogens with two attached hydrogens (primary N) is 1. The highest BCUT2D eigenvalue weighted by molar-refractivity contribution is 5.76. The molecule has 0 bridgehead atoms. The quantitative estimate of drug-likeness (QED) is 0.771. The lowest BCUT2D eigenvalue weighted by molar-refractivity contribution is -0.122. The van der Waals surface area contributed by atoms with Crippen LogP contribution in [-0.2, 0) is 4.79 Å². The number of nitrogens with zero attached hydrogens (tertiary/aromatic N) is 1. The minimum absolute atomic E-state index is 0.231. The number of hydrogen-bond donors (Lipinski definition) is 2. The van der Waals surface area contributed by atoms with Crippen LogP contribution in [0, 0.1) is 5.92 Å². The Hall–Kier alpha value is -0.610. The number of likely N-dealkylation sites (tertiary alicyclic amines) is 1. The molecule has 1 saturated heterocycles. The molecule has 3 N–H and O–H groups in total. The molecule has 1 amide bonds. The number of amides is 1. The molecule has 2 rings (SSSR count). The number of nitrogens with one attached hydrogen (secondary N) is 1. The third-order valence-corrected chi connectivity index (χ3v) is 4.31. The summed E-state index contributed by atoms with van der Waals surface area (Å²) in [6, 6.07) is 0.375. The Morgan fingerprint density at radius 1 is 1.17 bits per heavy atom. The molecule has 18 heavy (non-hydrogen) atoms. The minimum atomic E-state index is 0.231. The summed E-state index contributed by atoms with van der Waals surface area (Å²) in [4.78, 5) is 14.2. The van der Waals surface area contributed by atoms with E-state index in [4.69, 9.17) is 5.73 Å². The maximum Gasteiger partial charge on any atom is 0.220 e. The molecular weight excluding hydrogens is 226 g/mol. The van der Waals surface area contributed by atoms with Crippen LogP contribution >= 0.6 is 0 Å². The monoisotopic (exact) mass is 253 g/mol. The molecule has 1 heterocycles. The molecular formula is C14H27N3O. The third kappa shape index (κ3) is 4.58. The van der Waals surface area contributed by atoms with E-state index in [0.717, 1.165) is 38.8 Å². The highest BCUT2D eigenvalue weighted by atomic mass is 16.1. The molecule has 1 aliphatic heterocycles. The number of rotatable bonds is 5. The van der Waals surface area contributed by atoms with Crippen LogP contribution in [-0.4, -0.2) is 43.0 Å². The first-order chi connectivity index (χ1) is 8.74. The molecule has 0 spiro atoms. The second-order valence-electron chi connectivity index (χ2n) is 5.88. The van der Waals surface area contributed by atoms with Gasteiger partial charge in [0.2, 0.25) is 5.91 Å². The first-order valence-corrected chi connectivity index (χ1v) is 7.48. The van der Waals surface area contributed by atoms with E-state index >= 15 is 0 Å². The molecule has 0 aromatic rings. The lowest BCUT2D eigenvalue weighted by atomic mass is 9.84. The summed E-state index contributed by atoms with van der Waals surface area (Å²) >= 11 is 0. The average molecular weight is 253 g/mol. The molecule has 0 radical (unpaired) electrons. The standard InChI is InChI=1S/C14H27N3O/c15-13-5-3-12(4-6-13)11-14(18)16-7-10-17-8-1-2-9-17/h12-13H,1-11,15H2,(H,16,18). The fraction of sp³-hybridized carbons (Fsp3) is 0.929. The molecule has 4 heteroatoms. The van der Waals surface area contributed by atoms with Crippen molar-refractivity contribution in [2.24, 2.45) is 11.7 Å². The van der Waals surface area contributed by atoms with Crippen LogP contribution in [0.25, 0.3) is 0 Å². The van der Waals surface area contributed by atoms with E-state index in [1.165, 1.54) is 25.9 Å². The molecule has 4 nitrogen and oxygen atoms in total. The third-order valence-electron chi connectivity index (χ3n) is 4.31. The highest BCUT2D eigenvalue weighted by Gasteiger charge is 2.20. The van der Waals surface area contributed by atoms with E-state index in [9.17, 15) is 4.79 Å². The SMILES string of the molecule is NC1CCC(CC(=O)NCCN2CCCC2)CC1. The fourth-order valence-electron chi connectivity index (χ4n) is 3.09. The summed E-state index contributed by atoms with van der Waals surface area (Å²) in [5.41, 5.74) is 5.87. The molecule has 0 aromatic heterocycles. The van der Waals surface area contributed by atoms with Crippen molar-refractivity contribution in [1.29, 1.82) is 0 Å². The summed E-state index contributed by atoms with van der Waals surface area (Å²) in [7, 11) is 0. The Balaban J connectivity index is 1.54. The molecule has 0 aromatic carbocycles. The Morgan fingerprint density at radius 3 is 2.50 bits per heavy atom. The molecule has 2 fully saturated rings. The second-order valence-corrected chi connectivity index (χ2v) is 5.88. The van der Waals surface area contributed by atoms with E-state index < -0.39 is 0 Å². The predicted molar refractivity (Wildman–Crippen MR) is 73.2 cm³/mol.